The van der Waals surface area contributed by atoms with Gasteiger partial charge in [-0.3, -0.25) is 4.79 Å². The number of nitrogens with zero attached hydrogens (tertiary/aromatic N) is 2. The van der Waals surface area contributed by atoms with E-state index >= 15 is 0 Å². The summed E-state index contributed by atoms with van der Waals surface area (Å²) in [6.07, 6.45) is 9.82. The summed E-state index contributed by atoms with van der Waals surface area (Å²) in [4.78, 5) is 20.1. The van der Waals surface area contributed by atoms with Gasteiger partial charge in [0.05, 0.1) is 13.7 Å². The van der Waals surface area contributed by atoms with Crippen molar-refractivity contribution < 1.29 is 18.3 Å². The molecule has 0 spiro atoms. The third kappa shape index (κ3) is 4.46. The van der Waals surface area contributed by atoms with Crippen LogP contribution in [0.2, 0.25) is 0 Å². The van der Waals surface area contributed by atoms with Gasteiger partial charge in [0.25, 0.3) is 5.91 Å². The van der Waals surface area contributed by atoms with E-state index < -0.39 is 0 Å². The Labute approximate surface area is 188 Å². The number of amides is 1. The van der Waals surface area contributed by atoms with Crippen molar-refractivity contribution in [2.45, 2.75) is 13.0 Å². The highest BCUT2D eigenvalue weighted by atomic mass is 32.1. The van der Waals surface area contributed by atoms with Crippen molar-refractivity contribution >= 4 is 17.2 Å². The van der Waals surface area contributed by atoms with Crippen molar-refractivity contribution in [3.8, 4) is 22.9 Å². The molecule has 32 heavy (non-hydrogen) atoms. The molecule has 0 aliphatic heterocycles. The van der Waals surface area contributed by atoms with E-state index in [4.69, 9.17) is 11.2 Å². The lowest BCUT2D eigenvalue weighted by atomic mass is 10.1. The summed E-state index contributed by atoms with van der Waals surface area (Å²) in [7, 11) is 1.56. The van der Waals surface area contributed by atoms with E-state index in [2.05, 4.69) is 10.9 Å². The van der Waals surface area contributed by atoms with Crippen molar-refractivity contribution in [1.29, 1.82) is 0 Å². The highest BCUT2D eigenvalue weighted by molar-refractivity contribution is 7.15. The molecule has 160 valence electrons. The molecule has 0 bridgehead atoms. The van der Waals surface area contributed by atoms with Crippen LogP contribution in [0.5, 0.6) is 0 Å². The van der Waals surface area contributed by atoms with Crippen LogP contribution in [0.15, 0.2) is 72.1 Å². The van der Waals surface area contributed by atoms with Gasteiger partial charge in [-0.2, -0.15) is 0 Å². The molecule has 0 atom stereocenters. The Morgan fingerprint density at radius 2 is 1.81 bits per heavy atom. The van der Waals surface area contributed by atoms with E-state index in [0.717, 1.165) is 11.3 Å². The van der Waals surface area contributed by atoms with Crippen molar-refractivity contribution in [3.63, 3.8) is 0 Å². The molecule has 1 heterocycles. The predicted molar refractivity (Wildman–Crippen MR) is 120 cm³/mol. The topological polar surface area (TPSA) is 42.4 Å². The first kappa shape index (κ1) is 21.5. The van der Waals surface area contributed by atoms with E-state index in [1.54, 1.807) is 42.4 Å². The van der Waals surface area contributed by atoms with Gasteiger partial charge in [0.15, 0.2) is 5.69 Å². The third-order valence-corrected chi connectivity index (χ3v) is 5.99. The molecule has 7 heteroatoms. The Morgan fingerprint density at radius 1 is 1.16 bits per heavy atom. The second-order valence-electron chi connectivity index (χ2n) is 7.02. The van der Waals surface area contributed by atoms with Crippen LogP contribution in [0.25, 0.3) is 10.6 Å². The molecular formula is C25H18F2N2O2S. The molecule has 0 saturated carbocycles. The number of terminal acetylenes is 1. The first-order chi connectivity index (χ1) is 15.5. The zero-order chi connectivity index (χ0) is 22.7. The average Bonchev–Trinajstić information content (AvgIpc) is 3.46. The fraction of sp³-hybridized carbons (Fsp3) is 0.120. The van der Waals surface area contributed by atoms with Gasteiger partial charge >= 0.3 is 0 Å². The molecule has 0 fully saturated rings. The number of carbonyl (C=O) groups excluding carboxylic acids is 1. The van der Waals surface area contributed by atoms with E-state index in [1.165, 1.54) is 35.6 Å². The first-order valence-electron chi connectivity index (χ1n) is 9.73. The lowest BCUT2D eigenvalue weighted by molar-refractivity contribution is 0.0788. The van der Waals surface area contributed by atoms with E-state index in [0.29, 0.717) is 27.6 Å². The summed E-state index contributed by atoms with van der Waals surface area (Å²) >= 11 is 1.20. The third-order valence-electron chi connectivity index (χ3n) is 4.95. The molecule has 4 rings (SSSR count). The number of methoxy groups -OCH3 is 1. The van der Waals surface area contributed by atoms with Crippen LogP contribution in [-0.2, 0) is 11.3 Å². The summed E-state index contributed by atoms with van der Waals surface area (Å²) in [6.45, 7) is 0.212. The van der Waals surface area contributed by atoms with Gasteiger partial charge in [-0.15, -0.1) is 17.8 Å². The lowest BCUT2D eigenvalue weighted by Crippen LogP contribution is -2.30. The van der Waals surface area contributed by atoms with Crippen molar-refractivity contribution in [2.75, 3.05) is 7.11 Å². The van der Waals surface area contributed by atoms with E-state index in [1.807, 2.05) is 6.08 Å². The van der Waals surface area contributed by atoms with E-state index in [9.17, 15) is 13.6 Å². The van der Waals surface area contributed by atoms with Gasteiger partial charge in [0.2, 0.25) is 0 Å². The molecule has 1 aromatic heterocycles. The smallest absolute Gasteiger partial charge is 0.279 e. The molecular weight excluding hydrogens is 430 g/mol. The average molecular weight is 448 g/mol. The van der Waals surface area contributed by atoms with Crippen molar-refractivity contribution in [2.24, 2.45) is 0 Å². The number of halogens is 2. The maximum atomic E-state index is 13.6. The fourth-order valence-corrected chi connectivity index (χ4v) is 4.17. The summed E-state index contributed by atoms with van der Waals surface area (Å²) in [6, 6.07) is 11.8. The summed E-state index contributed by atoms with van der Waals surface area (Å²) in [5, 5.41) is 0.527. The largest absolute Gasteiger partial charge is 0.497 e. The van der Waals surface area contributed by atoms with Crippen LogP contribution in [0.3, 0.4) is 0 Å². The Hall–Kier alpha value is -3.76. The molecule has 0 radical (unpaired) electrons. The zero-order valence-corrected chi connectivity index (χ0v) is 18.0. The molecule has 1 amide bonds. The number of benzene rings is 2. The standard InChI is InChI=1S/C25H18F2N2O2S/c1-3-22-23(28-24(32-22)17-6-10-19(27)11-7-17)25(30)29(20-12-13-21(14-20)31-2)15-16-4-8-18(26)9-5-16/h1,4-11,13-14H,12,15H2,2H3. The van der Waals surface area contributed by atoms with Gasteiger partial charge in [-0.25, -0.2) is 13.8 Å². The normalized spacial score (nSPS) is 12.7. The van der Waals surface area contributed by atoms with Gasteiger partial charge in [-0.1, -0.05) is 18.1 Å². The predicted octanol–water partition coefficient (Wildman–Crippen LogP) is 5.53. The van der Waals surface area contributed by atoms with Crippen LogP contribution in [0, 0.1) is 24.0 Å². The molecule has 0 N–H and O–H groups in total. The fourth-order valence-electron chi connectivity index (χ4n) is 3.30. The number of aromatic nitrogens is 1. The Kier molecular flexibility index (Phi) is 6.15. The van der Waals surface area contributed by atoms with Crippen LogP contribution >= 0.6 is 11.3 Å². The highest BCUT2D eigenvalue weighted by Gasteiger charge is 2.27. The quantitative estimate of drug-likeness (QED) is 0.466. The number of thiazole rings is 1. The molecule has 4 nitrogen and oxygen atoms in total. The van der Waals surface area contributed by atoms with Gasteiger partial charge in [0, 0.05) is 17.7 Å². The number of hydrogen-bond acceptors (Lipinski definition) is 4. The minimum absolute atomic E-state index is 0.144. The van der Waals surface area contributed by atoms with Crippen molar-refractivity contribution in [1.82, 2.24) is 9.88 Å². The number of carbonyl (C=O) groups is 1. The van der Waals surface area contributed by atoms with Crippen molar-refractivity contribution in [3.05, 3.63) is 99.9 Å². The van der Waals surface area contributed by atoms with Gasteiger partial charge in [0.1, 0.15) is 27.3 Å². The second kappa shape index (κ2) is 9.16. The maximum absolute atomic E-state index is 13.6. The van der Waals surface area contributed by atoms with Gasteiger partial charge in [-0.05, 0) is 54.1 Å². The SMILES string of the molecule is C#Cc1sc(-c2ccc(F)cc2)nc1C(=O)N(Cc1ccc(F)cc1)C1=CC(OC)=CC1. The van der Waals surface area contributed by atoms with Crippen LogP contribution in [0.1, 0.15) is 27.3 Å². The summed E-state index contributed by atoms with van der Waals surface area (Å²) in [5.41, 5.74) is 2.28. The minimum atomic E-state index is -0.371. The summed E-state index contributed by atoms with van der Waals surface area (Å²) in [5.74, 6) is 2.11. The molecule has 1 aliphatic carbocycles. The number of hydrogen-bond donors (Lipinski definition) is 0. The maximum Gasteiger partial charge on any atom is 0.279 e. The Morgan fingerprint density at radius 3 is 2.41 bits per heavy atom. The molecule has 3 aromatic rings. The summed E-state index contributed by atoms with van der Waals surface area (Å²) < 4.78 is 31.9. The highest BCUT2D eigenvalue weighted by Crippen LogP contribution is 2.31. The molecule has 0 saturated heterocycles. The zero-order valence-electron chi connectivity index (χ0n) is 17.1. The van der Waals surface area contributed by atoms with Crippen LogP contribution in [0.4, 0.5) is 8.78 Å². The van der Waals surface area contributed by atoms with E-state index in [-0.39, 0.29) is 29.8 Å². The van der Waals surface area contributed by atoms with Crippen LogP contribution in [-0.4, -0.2) is 22.9 Å². The Balaban J connectivity index is 1.71. The first-order valence-corrected chi connectivity index (χ1v) is 10.5. The number of ether oxygens (including phenoxy) is 1. The molecule has 2 aromatic carbocycles. The Bertz CT molecular complexity index is 1250. The monoisotopic (exact) mass is 448 g/mol. The van der Waals surface area contributed by atoms with Gasteiger partial charge < -0.3 is 9.64 Å². The molecule has 1 aliphatic rings. The lowest BCUT2D eigenvalue weighted by Gasteiger charge is -2.23. The minimum Gasteiger partial charge on any atom is -0.497 e. The number of rotatable bonds is 6. The second-order valence-corrected chi connectivity index (χ2v) is 8.02. The molecule has 0 unspecified atom stereocenters. The number of allylic oxidation sites excluding steroid dienone is 2. The van der Waals surface area contributed by atoms with Crippen LogP contribution < -0.4 is 0 Å².